The molecule has 1 heterocycles. The molecule has 0 spiro atoms. The molecule has 0 bridgehead atoms. The molecular formula is C18H28BF3N3O2-. The summed E-state index contributed by atoms with van der Waals surface area (Å²) in [7, 11) is 0. The molecule has 0 unspecified atom stereocenters. The van der Waals surface area contributed by atoms with E-state index in [9.17, 15) is 17.7 Å². The van der Waals surface area contributed by atoms with E-state index in [0.29, 0.717) is 37.4 Å². The number of anilines is 1. The lowest BCUT2D eigenvalue weighted by molar-refractivity contribution is 0.0240. The highest BCUT2D eigenvalue weighted by Gasteiger charge is 2.33. The molecule has 1 aliphatic rings. The first-order chi connectivity index (χ1) is 12.3. The van der Waals surface area contributed by atoms with Gasteiger partial charge in [0.25, 0.3) is 0 Å². The van der Waals surface area contributed by atoms with Crippen LogP contribution in [-0.4, -0.2) is 49.8 Å². The number of carbonyl (C=O) groups excluding carboxylic acids is 1. The molecule has 1 aliphatic heterocycles. The largest absolute Gasteiger partial charge is 0.510 e. The highest BCUT2D eigenvalue weighted by atomic mass is 19.4. The second kappa shape index (κ2) is 7.62. The van der Waals surface area contributed by atoms with Crippen LogP contribution in [0.4, 0.5) is 23.4 Å². The number of hydrogen-bond acceptors (Lipinski definition) is 4. The topological polar surface area (TPSA) is 58.8 Å². The van der Waals surface area contributed by atoms with Crippen molar-refractivity contribution in [2.75, 3.05) is 31.1 Å². The molecule has 1 aromatic carbocycles. The van der Waals surface area contributed by atoms with Crippen LogP contribution in [0.1, 0.15) is 37.5 Å². The van der Waals surface area contributed by atoms with Crippen LogP contribution in [0.25, 0.3) is 0 Å². The highest BCUT2D eigenvalue weighted by molar-refractivity contribution is 6.74. The van der Waals surface area contributed by atoms with E-state index in [4.69, 9.17) is 10.5 Å². The summed E-state index contributed by atoms with van der Waals surface area (Å²) in [4.78, 5) is 15.7. The number of nitrogens with zero attached hydrogens (tertiary/aromatic N) is 2. The van der Waals surface area contributed by atoms with Gasteiger partial charge < -0.3 is 33.2 Å². The predicted molar refractivity (Wildman–Crippen MR) is 103 cm³/mol. The Labute approximate surface area is 158 Å². The fraction of sp³-hybridized carbons (Fsp3) is 0.611. The van der Waals surface area contributed by atoms with Gasteiger partial charge in [-0.15, -0.1) is 5.46 Å². The van der Waals surface area contributed by atoms with Crippen LogP contribution in [0.5, 0.6) is 0 Å². The Kier molecular flexibility index (Phi) is 6.04. The Morgan fingerprint density at radius 3 is 2.15 bits per heavy atom. The summed E-state index contributed by atoms with van der Waals surface area (Å²) < 4.78 is 46.3. The molecule has 2 N–H and O–H groups in total. The fourth-order valence-corrected chi connectivity index (χ4v) is 3.46. The molecule has 5 nitrogen and oxygen atoms in total. The van der Waals surface area contributed by atoms with Crippen molar-refractivity contribution in [1.29, 1.82) is 0 Å². The number of hydrogen-bond donors (Lipinski definition) is 1. The maximum Gasteiger partial charge on any atom is 0.510 e. The van der Waals surface area contributed by atoms with E-state index < -0.39 is 24.1 Å². The van der Waals surface area contributed by atoms with Crippen LogP contribution >= 0.6 is 0 Å². The summed E-state index contributed by atoms with van der Waals surface area (Å²) in [6, 6.07) is 1.75. The molecule has 1 saturated heterocycles. The number of piperazine rings is 1. The lowest BCUT2D eigenvalue weighted by atomic mass is 9.72. The van der Waals surface area contributed by atoms with Crippen LogP contribution in [-0.2, 0) is 11.3 Å². The quantitative estimate of drug-likeness (QED) is 0.812. The fourth-order valence-electron chi connectivity index (χ4n) is 3.46. The zero-order chi connectivity index (χ0) is 20.6. The Morgan fingerprint density at radius 2 is 1.70 bits per heavy atom. The first-order valence-electron chi connectivity index (χ1n) is 9.11. The van der Waals surface area contributed by atoms with Gasteiger partial charge in [-0.1, -0.05) is 11.1 Å². The van der Waals surface area contributed by atoms with Gasteiger partial charge in [0, 0.05) is 38.4 Å². The molecule has 0 atom stereocenters. The minimum atomic E-state index is -5.14. The van der Waals surface area contributed by atoms with E-state index in [1.807, 2.05) is 4.90 Å². The standard InChI is InChI=1S/C18H28BF3N3O2/c1-12-14(11-23)10-15(13(2)16(12)19(20,21)22)24-6-8-25(9-7-24)17(26)27-18(3,4)5/h10H,6-9,11,23H2,1-5H3/q-1. The zero-order valence-corrected chi connectivity index (χ0v) is 16.6. The van der Waals surface area contributed by atoms with Gasteiger partial charge >= 0.3 is 13.1 Å². The summed E-state index contributed by atoms with van der Waals surface area (Å²) in [6.07, 6.45) is -0.398. The first kappa shape index (κ1) is 21.4. The Hall–Kier alpha value is -1.90. The molecule has 1 amide bonds. The summed E-state index contributed by atoms with van der Waals surface area (Å²) in [5, 5.41) is 0. The van der Waals surface area contributed by atoms with Crippen LogP contribution in [0, 0.1) is 13.8 Å². The van der Waals surface area contributed by atoms with Crippen LogP contribution in [0.3, 0.4) is 0 Å². The molecule has 27 heavy (non-hydrogen) atoms. The van der Waals surface area contributed by atoms with Gasteiger partial charge in [-0.05, 0) is 46.2 Å². The van der Waals surface area contributed by atoms with Crippen molar-refractivity contribution in [1.82, 2.24) is 4.90 Å². The third-order valence-electron chi connectivity index (χ3n) is 4.80. The first-order valence-corrected chi connectivity index (χ1v) is 9.11. The monoisotopic (exact) mass is 386 g/mol. The number of benzene rings is 1. The Bertz CT molecular complexity index is 709. The molecule has 2 rings (SSSR count). The van der Waals surface area contributed by atoms with Crippen LogP contribution in [0.2, 0.25) is 0 Å². The number of halogens is 3. The molecule has 0 aromatic heterocycles. The molecule has 1 fully saturated rings. The van der Waals surface area contributed by atoms with E-state index in [1.165, 1.54) is 13.8 Å². The van der Waals surface area contributed by atoms with Gasteiger partial charge in [-0.25, -0.2) is 4.79 Å². The van der Waals surface area contributed by atoms with Crippen molar-refractivity contribution in [2.24, 2.45) is 5.73 Å². The van der Waals surface area contributed by atoms with E-state index in [1.54, 1.807) is 31.7 Å². The van der Waals surface area contributed by atoms with Gasteiger partial charge in [0.2, 0.25) is 0 Å². The molecular weight excluding hydrogens is 358 g/mol. The van der Waals surface area contributed by atoms with Crippen molar-refractivity contribution >= 4 is 24.2 Å². The van der Waals surface area contributed by atoms with Gasteiger partial charge in [0.15, 0.2) is 0 Å². The zero-order valence-electron chi connectivity index (χ0n) is 16.6. The second-order valence-electron chi connectivity index (χ2n) is 7.95. The average molecular weight is 386 g/mol. The van der Waals surface area contributed by atoms with Crippen molar-refractivity contribution in [3.63, 3.8) is 0 Å². The van der Waals surface area contributed by atoms with E-state index in [0.717, 1.165) is 0 Å². The molecule has 152 valence electrons. The minimum Gasteiger partial charge on any atom is -0.445 e. The Balaban J connectivity index is 2.25. The van der Waals surface area contributed by atoms with Gasteiger partial charge in [-0.2, -0.15) is 0 Å². The maximum absolute atomic E-state index is 13.6. The molecule has 0 aliphatic carbocycles. The number of amides is 1. The lowest BCUT2D eigenvalue weighted by Gasteiger charge is -2.38. The number of carbonyl (C=O) groups is 1. The van der Waals surface area contributed by atoms with Crippen molar-refractivity contribution in [2.45, 2.75) is 46.8 Å². The summed E-state index contributed by atoms with van der Waals surface area (Å²) >= 11 is 0. The van der Waals surface area contributed by atoms with Gasteiger partial charge in [0.05, 0.1) is 0 Å². The number of ether oxygens (including phenoxy) is 1. The Morgan fingerprint density at radius 1 is 1.15 bits per heavy atom. The van der Waals surface area contributed by atoms with E-state index in [2.05, 4.69) is 0 Å². The summed E-state index contributed by atoms with van der Waals surface area (Å²) in [6.45, 7) is 4.97. The molecule has 1 aromatic rings. The predicted octanol–water partition coefficient (Wildman–Crippen LogP) is 2.87. The summed E-state index contributed by atoms with van der Waals surface area (Å²) in [5.41, 5.74) is 6.02. The average Bonchev–Trinajstić information content (AvgIpc) is 2.52. The van der Waals surface area contributed by atoms with Crippen molar-refractivity contribution in [3.05, 3.63) is 22.8 Å². The highest BCUT2D eigenvalue weighted by Crippen LogP contribution is 2.28. The van der Waals surface area contributed by atoms with E-state index >= 15 is 0 Å². The van der Waals surface area contributed by atoms with E-state index in [-0.39, 0.29) is 17.7 Å². The normalized spacial score (nSPS) is 15.9. The third-order valence-corrected chi connectivity index (χ3v) is 4.80. The SMILES string of the molecule is Cc1c(CN)cc(N2CCN(C(=O)OC(C)(C)C)CC2)c(C)c1[B-](F)(F)F. The van der Waals surface area contributed by atoms with Crippen molar-refractivity contribution in [3.8, 4) is 0 Å². The maximum atomic E-state index is 13.6. The van der Waals surface area contributed by atoms with Gasteiger partial charge in [-0.3, -0.25) is 0 Å². The lowest BCUT2D eigenvalue weighted by Crippen LogP contribution is -2.51. The minimum absolute atomic E-state index is 0.0517. The van der Waals surface area contributed by atoms with Gasteiger partial charge in [0.1, 0.15) is 5.60 Å². The second-order valence-corrected chi connectivity index (χ2v) is 7.95. The van der Waals surface area contributed by atoms with Crippen LogP contribution in [0.15, 0.2) is 6.07 Å². The number of rotatable bonds is 3. The number of nitrogens with two attached hydrogens (primary N) is 1. The molecule has 9 heteroatoms. The smallest absolute Gasteiger partial charge is 0.445 e. The molecule has 0 saturated carbocycles. The third kappa shape index (κ3) is 4.88. The molecule has 0 radical (unpaired) electrons. The van der Waals surface area contributed by atoms with Crippen molar-refractivity contribution < 1.29 is 22.5 Å². The van der Waals surface area contributed by atoms with Crippen LogP contribution < -0.4 is 16.1 Å². The summed E-state index contributed by atoms with van der Waals surface area (Å²) in [5.74, 6) is 0.